The molecular formula is C56H42N2OS. The van der Waals surface area contributed by atoms with Crippen LogP contribution in [0.1, 0.15) is 62.8 Å². The fourth-order valence-corrected chi connectivity index (χ4v) is 11.6. The van der Waals surface area contributed by atoms with Crippen molar-refractivity contribution >= 4 is 37.1 Å². The molecule has 9 aromatic rings. The van der Waals surface area contributed by atoms with Gasteiger partial charge in [0.05, 0.1) is 0 Å². The number of fused-ring (bicyclic) bond motifs is 8. The SMILES string of the molecule is CC1(C)C2=C(C=CCC2)c2ccc(-c3cc(-c4ccc(-c5nnc(-c6ccccc6)o5)cc4)c4sc5ccc(-c6ccc7c(c6)C(C)(C)c6ccccc6-7)cc5c4c3)cc21. The van der Waals surface area contributed by atoms with E-state index in [0.717, 1.165) is 29.5 Å². The van der Waals surface area contributed by atoms with Gasteiger partial charge in [0.15, 0.2) is 0 Å². The first kappa shape index (κ1) is 35.3. The summed E-state index contributed by atoms with van der Waals surface area (Å²) in [4.78, 5) is 0. The van der Waals surface area contributed by atoms with Gasteiger partial charge in [0.2, 0.25) is 11.8 Å². The number of hydrogen-bond donors (Lipinski definition) is 0. The number of rotatable bonds is 5. The van der Waals surface area contributed by atoms with E-state index in [1.165, 1.54) is 86.9 Å². The summed E-state index contributed by atoms with van der Waals surface area (Å²) in [6, 6.07) is 53.6. The molecule has 0 saturated heterocycles. The highest BCUT2D eigenvalue weighted by molar-refractivity contribution is 7.26. The highest BCUT2D eigenvalue weighted by Gasteiger charge is 2.38. The zero-order chi connectivity index (χ0) is 40.3. The van der Waals surface area contributed by atoms with Crippen LogP contribution in [0, 0.1) is 0 Å². The van der Waals surface area contributed by atoms with Crippen molar-refractivity contribution < 1.29 is 4.42 Å². The Hall–Kier alpha value is -6.62. The Labute approximate surface area is 354 Å². The molecule has 0 saturated carbocycles. The highest BCUT2D eigenvalue weighted by atomic mass is 32.1. The van der Waals surface area contributed by atoms with E-state index in [9.17, 15) is 0 Å². The minimum Gasteiger partial charge on any atom is -0.416 e. The maximum atomic E-state index is 6.15. The fraction of sp³-hybridized carbons (Fsp3) is 0.143. The maximum Gasteiger partial charge on any atom is 0.248 e. The van der Waals surface area contributed by atoms with Crippen LogP contribution in [0.4, 0.5) is 0 Å². The van der Waals surface area contributed by atoms with Crippen molar-refractivity contribution in [1.82, 2.24) is 10.2 Å². The quantitative estimate of drug-likeness (QED) is 0.174. The Morgan fingerprint density at radius 1 is 0.483 bits per heavy atom. The van der Waals surface area contributed by atoms with Crippen LogP contribution >= 0.6 is 11.3 Å². The minimum absolute atomic E-state index is 0.000899. The van der Waals surface area contributed by atoms with Gasteiger partial charge in [-0.1, -0.05) is 130 Å². The molecule has 0 amide bonds. The third kappa shape index (κ3) is 5.27. The van der Waals surface area contributed by atoms with Crippen molar-refractivity contribution in [3.8, 4) is 67.4 Å². The van der Waals surface area contributed by atoms with E-state index in [1.807, 2.05) is 41.7 Å². The Balaban J connectivity index is 1.00. The summed E-state index contributed by atoms with van der Waals surface area (Å²) in [7, 11) is 0. The number of thiophene rings is 1. The fourth-order valence-electron chi connectivity index (χ4n) is 10.4. The summed E-state index contributed by atoms with van der Waals surface area (Å²) in [5.74, 6) is 1.03. The van der Waals surface area contributed by atoms with E-state index in [2.05, 4.69) is 165 Å². The molecule has 2 aromatic heterocycles. The predicted molar refractivity (Wildman–Crippen MR) is 250 cm³/mol. The van der Waals surface area contributed by atoms with Crippen molar-refractivity contribution in [1.29, 1.82) is 0 Å². The van der Waals surface area contributed by atoms with Crippen LogP contribution < -0.4 is 0 Å². The predicted octanol–water partition coefficient (Wildman–Crippen LogP) is 15.5. The number of benzene rings is 7. The summed E-state index contributed by atoms with van der Waals surface area (Å²) in [6.07, 6.45) is 6.94. The van der Waals surface area contributed by atoms with Gasteiger partial charge in [-0.3, -0.25) is 0 Å². The zero-order valence-corrected chi connectivity index (χ0v) is 35.0. The molecule has 4 heteroatoms. The van der Waals surface area contributed by atoms with Crippen molar-refractivity contribution in [2.45, 2.75) is 51.4 Å². The molecule has 0 aliphatic heterocycles. The van der Waals surface area contributed by atoms with Crippen LogP contribution in [-0.4, -0.2) is 10.2 Å². The van der Waals surface area contributed by atoms with Crippen LogP contribution in [0.15, 0.2) is 168 Å². The third-order valence-corrected chi connectivity index (χ3v) is 14.8. The molecule has 7 aromatic carbocycles. The lowest BCUT2D eigenvalue weighted by Gasteiger charge is -2.26. The Bertz CT molecular complexity index is 3300. The number of hydrogen-bond acceptors (Lipinski definition) is 4. The average Bonchev–Trinajstić information content (AvgIpc) is 4.04. The summed E-state index contributed by atoms with van der Waals surface area (Å²) < 4.78 is 8.73. The summed E-state index contributed by atoms with van der Waals surface area (Å²) >= 11 is 1.88. The molecule has 3 aliphatic carbocycles. The largest absolute Gasteiger partial charge is 0.416 e. The monoisotopic (exact) mass is 790 g/mol. The van der Waals surface area contributed by atoms with Gasteiger partial charge >= 0.3 is 0 Å². The molecule has 60 heavy (non-hydrogen) atoms. The standard InChI is InChI=1S/C56H42N2OS/c1-55(2)47-16-10-8-14-40(47)42-25-22-37(31-49(42)55)36-24-27-51-45(28-36)46-30-39(38-23-26-43-41-15-9-11-17-48(41)56(3,4)50(43)32-38)29-44(52(46)60-51)33-18-20-35(21-19-33)54-58-57-53(59-54)34-12-6-5-7-13-34/h5-10,12-16,18-32H,11,17H2,1-4H3. The van der Waals surface area contributed by atoms with Crippen molar-refractivity contribution in [3.05, 3.63) is 186 Å². The molecule has 0 spiro atoms. The minimum atomic E-state index is -0.0519. The molecule has 0 unspecified atom stereocenters. The third-order valence-electron chi connectivity index (χ3n) is 13.6. The van der Waals surface area contributed by atoms with Gasteiger partial charge < -0.3 is 4.42 Å². The van der Waals surface area contributed by atoms with Gasteiger partial charge in [0.25, 0.3) is 0 Å². The normalized spacial score (nSPS) is 15.7. The smallest absolute Gasteiger partial charge is 0.248 e. The first-order valence-electron chi connectivity index (χ1n) is 21.0. The molecule has 0 fully saturated rings. The van der Waals surface area contributed by atoms with Gasteiger partial charge in [0.1, 0.15) is 0 Å². The van der Waals surface area contributed by atoms with E-state index < -0.39 is 0 Å². The number of aromatic nitrogens is 2. The average molecular weight is 791 g/mol. The molecule has 0 radical (unpaired) electrons. The van der Waals surface area contributed by atoms with E-state index in [0.29, 0.717) is 11.8 Å². The van der Waals surface area contributed by atoms with Crippen LogP contribution in [0.25, 0.3) is 93.2 Å². The molecule has 288 valence electrons. The van der Waals surface area contributed by atoms with Gasteiger partial charge in [-0.05, 0) is 140 Å². The van der Waals surface area contributed by atoms with E-state index in [4.69, 9.17) is 4.42 Å². The van der Waals surface area contributed by atoms with Crippen LogP contribution in [0.5, 0.6) is 0 Å². The van der Waals surface area contributed by atoms with E-state index in [-0.39, 0.29) is 10.8 Å². The zero-order valence-electron chi connectivity index (χ0n) is 34.1. The van der Waals surface area contributed by atoms with Crippen LogP contribution in [0.2, 0.25) is 0 Å². The first-order chi connectivity index (χ1) is 29.2. The number of allylic oxidation sites excluding steroid dienone is 4. The lowest BCUT2D eigenvalue weighted by Crippen LogP contribution is -2.17. The maximum absolute atomic E-state index is 6.15. The summed E-state index contributed by atoms with van der Waals surface area (Å²) in [6.45, 7) is 9.54. The van der Waals surface area contributed by atoms with Gasteiger partial charge in [-0.25, -0.2) is 0 Å². The number of nitrogens with zero attached hydrogens (tertiary/aromatic N) is 2. The van der Waals surface area contributed by atoms with E-state index in [1.54, 1.807) is 5.57 Å². The molecule has 3 aliphatic rings. The molecular weight excluding hydrogens is 749 g/mol. The lowest BCUT2D eigenvalue weighted by atomic mass is 9.78. The second kappa shape index (κ2) is 12.9. The summed E-state index contributed by atoms with van der Waals surface area (Å²) in [5.41, 5.74) is 20.4. The second-order valence-corrected chi connectivity index (χ2v) is 18.8. The molecule has 0 N–H and O–H groups in total. The molecule has 0 bridgehead atoms. The Morgan fingerprint density at radius 3 is 1.88 bits per heavy atom. The topological polar surface area (TPSA) is 38.9 Å². The van der Waals surface area contributed by atoms with Crippen LogP contribution in [0.3, 0.4) is 0 Å². The van der Waals surface area contributed by atoms with Gasteiger partial charge in [0, 0.05) is 47.7 Å². The van der Waals surface area contributed by atoms with Gasteiger partial charge in [-0.15, -0.1) is 21.5 Å². The molecule has 3 nitrogen and oxygen atoms in total. The van der Waals surface area contributed by atoms with Gasteiger partial charge in [-0.2, -0.15) is 0 Å². The Morgan fingerprint density at radius 2 is 1.08 bits per heavy atom. The van der Waals surface area contributed by atoms with Crippen LogP contribution in [-0.2, 0) is 10.8 Å². The summed E-state index contributed by atoms with van der Waals surface area (Å²) in [5, 5.41) is 11.3. The highest BCUT2D eigenvalue weighted by Crippen LogP contribution is 2.53. The molecule has 12 rings (SSSR count). The van der Waals surface area contributed by atoms with Crippen molar-refractivity contribution in [2.24, 2.45) is 0 Å². The Kier molecular flexibility index (Phi) is 7.62. The van der Waals surface area contributed by atoms with Crippen molar-refractivity contribution in [3.63, 3.8) is 0 Å². The van der Waals surface area contributed by atoms with E-state index >= 15 is 0 Å². The molecule has 2 heterocycles. The molecule has 0 atom stereocenters. The van der Waals surface area contributed by atoms with Crippen molar-refractivity contribution in [2.75, 3.05) is 0 Å². The lowest BCUT2D eigenvalue weighted by molar-refractivity contribution is 0.584. The second-order valence-electron chi connectivity index (χ2n) is 17.7. The first-order valence-corrected chi connectivity index (χ1v) is 21.8.